The van der Waals surface area contributed by atoms with Gasteiger partial charge in [0.25, 0.3) is 0 Å². The number of esters is 2. The van der Waals surface area contributed by atoms with Gasteiger partial charge >= 0.3 is 11.9 Å². The number of aliphatic hydroxyl groups excluding tert-OH is 1. The molecule has 2 saturated carbocycles. The molecule has 0 amide bonds. The molecule has 7 heteroatoms. The minimum Gasteiger partial charge on any atom is -0.462 e. The lowest BCUT2D eigenvalue weighted by Crippen LogP contribution is -2.46. The summed E-state index contributed by atoms with van der Waals surface area (Å²) in [5.74, 6) is -0.232. The highest BCUT2D eigenvalue weighted by atomic mass is 16.6. The van der Waals surface area contributed by atoms with Crippen molar-refractivity contribution >= 4 is 11.9 Å². The summed E-state index contributed by atoms with van der Waals surface area (Å²) >= 11 is 0. The van der Waals surface area contributed by atoms with Crippen LogP contribution in [0.25, 0.3) is 0 Å². The second-order valence-electron chi connectivity index (χ2n) is 15.3. The average molecular weight is 657 g/mol. The number of fused-ring (bicyclic) bond motifs is 1. The highest BCUT2D eigenvalue weighted by Gasteiger charge is 2.74. The maximum absolute atomic E-state index is 12.5. The molecule has 2 N–H and O–H groups in total. The maximum Gasteiger partial charge on any atom is 0.343 e. The molecule has 48 heavy (non-hydrogen) atoms. The third kappa shape index (κ3) is 8.45. The zero-order chi connectivity index (χ0) is 35.5. The van der Waals surface area contributed by atoms with Crippen molar-refractivity contribution in [1.82, 2.24) is 0 Å². The van der Waals surface area contributed by atoms with Crippen LogP contribution in [0.5, 0.6) is 0 Å². The molecule has 5 unspecified atom stereocenters. The topological polar surface area (TPSA) is 106 Å². The number of aliphatic hydroxyl groups is 2. The van der Waals surface area contributed by atoms with E-state index < -0.39 is 22.8 Å². The molecule has 1 saturated heterocycles. The first-order valence-electron chi connectivity index (χ1n) is 16.7. The highest BCUT2D eigenvalue weighted by Crippen LogP contribution is 2.66. The first-order chi connectivity index (χ1) is 22.3. The normalized spacial score (nSPS) is 34.1. The van der Waals surface area contributed by atoms with Gasteiger partial charge < -0.3 is 24.4 Å². The van der Waals surface area contributed by atoms with Gasteiger partial charge in [0.15, 0.2) is 0 Å². The lowest BCUT2D eigenvalue weighted by molar-refractivity contribution is -0.152. The van der Waals surface area contributed by atoms with Crippen LogP contribution in [0.15, 0.2) is 113 Å². The number of carbonyl (C=O) groups is 2. The molecule has 0 aromatic heterocycles. The third-order valence-electron chi connectivity index (χ3n) is 9.75. The van der Waals surface area contributed by atoms with E-state index in [1.54, 1.807) is 19.1 Å². The first-order valence-corrected chi connectivity index (χ1v) is 16.7. The highest BCUT2D eigenvalue weighted by molar-refractivity contribution is 5.95. The van der Waals surface area contributed by atoms with E-state index in [0.717, 1.165) is 16.7 Å². The van der Waals surface area contributed by atoms with Gasteiger partial charge in [0.1, 0.15) is 23.1 Å². The lowest BCUT2D eigenvalue weighted by Gasteiger charge is -2.44. The fourth-order valence-electron chi connectivity index (χ4n) is 7.74. The van der Waals surface area contributed by atoms with Gasteiger partial charge in [-0.2, -0.15) is 0 Å². The van der Waals surface area contributed by atoms with Crippen molar-refractivity contribution in [3.63, 3.8) is 0 Å². The van der Waals surface area contributed by atoms with Crippen LogP contribution in [0, 0.1) is 10.8 Å². The summed E-state index contributed by atoms with van der Waals surface area (Å²) in [5.41, 5.74) is 3.86. The Morgan fingerprint density at radius 1 is 0.917 bits per heavy atom. The Hall–Kier alpha value is -3.74. The third-order valence-corrected chi connectivity index (χ3v) is 9.75. The van der Waals surface area contributed by atoms with Crippen molar-refractivity contribution in [3.05, 3.63) is 113 Å². The van der Waals surface area contributed by atoms with Gasteiger partial charge in [0.2, 0.25) is 0 Å². The fraction of sp³-hybridized carbons (Fsp3) is 0.488. The maximum atomic E-state index is 12.5. The quantitative estimate of drug-likeness (QED) is 0.113. The van der Waals surface area contributed by atoms with E-state index in [2.05, 4.69) is 19.6 Å². The Labute approximate surface area is 286 Å². The van der Waals surface area contributed by atoms with Gasteiger partial charge in [-0.3, -0.25) is 4.79 Å². The molecule has 0 radical (unpaired) electrons. The van der Waals surface area contributed by atoms with Crippen LogP contribution >= 0.6 is 0 Å². The van der Waals surface area contributed by atoms with Crippen molar-refractivity contribution in [2.24, 2.45) is 10.8 Å². The lowest BCUT2D eigenvalue weighted by atomic mass is 9.63. The number of epoxide rings is 1. The number of ether oxygens (including phenoxy) is 3. The van der Waals surface area contributed by atoms with E-state index in [9.17, 15) is 19.8 Å². The summed E-state index contributed by atoms with van der Waals surface area (Å²) in [6.07, 6.45) is 26.2. The largest absolute Gasteiger partial charge is 0.462 e. The van der Waals surface area contributed by atoms with Crippen LogP contribution in [0.4, 0.5) is 0 Å². The fourth-order valence-corrected chi connectivity index (χ4v) is 7.74. The number of cyclic esters (lactones) is 1. The van der Waals surface area contributed by atoms with Crippen LogP contribution in [0.3, 0.4) is 0 Å². The van der Waals surface area contributed by atoms with Crippen molar-refractivity contribution in [3.8, 4) is 0 Å². The van der Waals surface area contributed by atoms with E-state index in [-0.39, 0.29) is 29.0 Å². The standard InChI is InChI=1S/C41H52O7/c1-28(18-19-35-37(4,5)26-34(46-30(3)42)27-39(35,8)45)16-14-12-10-11-13-15-17-29(2)22-33-23-31(36(44)47-33)20-21-41-38(6,7)24-32(43)25-40(41,9)48-41/h10-18,20-23,32,34,43,45H,24-27H2,1-9H3/b11-10+,14-12+,15-13+,21-20+,28-16+,29-17+,33-22+. The second kappa shape index (κ2) is 14.0. The molecule has 0 spiro atoms. The minimum atomic E-state index is -1.11. The molecule has 4 rings (SSSR count). The van der Waals surface area contributed by atoms with Gasteiger partial charge in [0, 0.05) is 30.8 Å². The van der Waals surface area contributed by atoms with E-state index in [1.165, 1.54) is 6.92 Å². The van der Waals surface area contributed by atoms with Gasteiger partial charge in [-0.25, -0.2) is 4.79 Å². The predicted molar refractivity (Wildman–Crippen MR) is 188 cm³/mol. The molecular weight excluding hydrogens is 604 g/mol. The van der Waals surface area contributed by atoms with Crippen molar-refractivity contribution in [1.29, 1.82) is 0 Å². The Kier molecular flexibility index (Phi) is 10.8. The first kappa shape index (κ1) is 37.1. The monoisotopic (exact) mass is 656 g/mol. The number of rotatable bonds is 9. The molecule has 7 nitrogen and oxygen atoms in total. The smallest absolute Gasteiger partial charge is 0.343 e. The van der Waals surface area contributed by atoms with Gasteiger partial charge in [0.05, 0.1) is 17.3 Å². The minimum absolute atomic E-state index is 0.255. The molecule has 0 bridgehead atoms. The van der Waals surface area contributed by atoms with E-state index in [4.69, 9.17) is 14.2 Å². The van der Waals surface area contributed by atoms with Crippen LogP contribution in [0.2, 0.25) is 0 Å². The van der Waals surface area contributed by atoms with Gasteiger partial charge in [-0.1, -0.05) is 76.3 Å². The van der Waals surface area contributed by atoms with E-state index >= 15 is 0 Å². The van der Waals surface area contributed by atoms with Crippen LogP contribution in [-0.4, -0.2) is 51.2 Å². The van der Waals surface area contributed by atoms with Crippen molar-refractivity contribution < 1.29 is 34.0 Å². The van der Waals surface area contributed by atoms with Gasteiger partial charge in [-0.05, 0) is 87.5 Å². The van der Waals surface area contributed by atoms with Crippen LogP contribution < -0.4 is 0 Å². The SMILES string of the molecule is CC(=O)OC1CC(C)(C)C(=C=C/C(C)=C/C=C/C=C/C=C/C=C(C)/C=C2C=C(/C=C/C34OC3(C)CC(O)CC4(C)C)C(=O)O\2)C(C)(O)C1. The van der Waals surface area contributed by atoms with Crippen LogP contribution in [0.1, 0.15) is 88.0 Å². The summed E-state index contributed by atoms with van der Waals surface area (Å²) in [7, 11) is 0. The van der Waals surface area contributed by atoms with E-state index in [0.29, 0.717) is 37.0 Å². The molecule has 0 aromatic carbocycles. The van der Waals surface area contributed by atoms with Crippen molar-refractivity contribution in [2.45, 2.75) is 117 Å². The molecular formula is C41H52O7. The zero-order valence-electron chi connectivity index (χ0n) is 29.9. The molecule has 2 heterocycles. The van der Waals surface area contributed by atoms with Crippen LogP contribution in [-0.2, 0) is 23.8 Å². The molecule has 2 aliphatic heterocycles. The molecule has 258 valence electrons. The molecule has 5 atom stereocenters. The molecule has 0 aromatic rings. The summed E-state index contributed by atoms with van der Waals surface area (Å²) in [5, 5.41) is 21.4. The molecule has 4 aliphatic rings. The van der Waals surface area contributed by atoms with Gasteiger partial charge in [-0.15, -0.1) is 5.73 Å². The zero-order valence-corrected chi connectivity index (χ0v) is 29.9. The molecule has 2 aliphatic carbocycles. The molecule has 3 fully saturated rings. The Balaban J connectivity index is 1.31. The number of hydrogen-bond donors (Lipinski definition) is 2. The Morgan fingerprint density at radius 2 is 1.54 bits per heavy atom. The number of allylic oxidation sites excluding steroid dienone is 12. The summed E-state index contributed by atoms with van der Waals surface area (Å²) in [6.45, 7) is 17.4. The summed E-state index contributed by atoms with van der Waals surface area (Å²) in [4.78, 5) is 24.0. The second-order valence-corrected chi connectivity index (χ2v) is 15.3. The average Bonchev–Trinajstić information content (AvgIpc) is 3.40. The predicted octanol–water partition coefficient (Wildman–Crippen LogP) is 7.76. The Bertz CT molecular complexity index is 1590. The van der Waals surface area contributed by atoms with E-state index in [1.807, 2.05) is 101 Å². The summed E-state index contributed by atoms with van der Waals surface area (Å²) < 4.78 is 17.1. The van der Waals surface area contributed by atoms with Crippen molar-refractivity contribution in [2.75, 3.05) is 0 Å². The Morgan fingerprint density at radius 3 is 2.15 bits per heavy atom. The summed E-state index contributed by atoms with van der Waals surface area (Å²) in [6, 6.07) is 0. The number of carbonyl (C=O) groups excluding carboxylic acids is 2. The number of hydrogen-bond acceptors (Lipinski definition) is 7.